The molecule has 1 aromatic rings. The molecule has 4 rings (SSSR count). The van der Waals surface area contributed by atoms with Crippen LogP contribution < -0.4 is 10.1 Å². The second-order valence-electron chi connectivity index (χ2n) is 5.70. The molecule has 3 fully saturated rings. The van der Waals surface area contributed by atoms with Gasteiger partial charge in [0, 0.05) is 12.6 Å². The Morgan fingerprint density at radius 3 is 2.90 bits per heavy atom. The smallest absolute Gasteiger partial charge is 0.289 e. The molecule has 21 heavy (non-hydrogen) atoms. The summed E-state index contributed by atoms with van der Waals surface area (Å²) in [6.07, 6.45) is 4.92. The number of rotatable bonds is 3. The maximum absolute atomic E-state index is 12.3. The van der Waals surface area contributed by atoms with Gasteiger partial charge in [-0.05, 0) is 38.3 Å². The van der Waals surface area contributed by atoms with E-state index in [1.54, 1.807) is 0 Å². The summed E-state index contributed by atoms with van der Waals surface area (Å²) in [6, 6.07) is 0.164. The van der Waals surface area contributed by atoms with Crippen LogP contribution in [0, 0.1) is 5.92 Å². The van der Waals surface area contributed by atoms with Gasteiger partial charge in [0.15, 0.2) is 10.9 Å². The Hall–Kier alpha value is -1.40. The van der Waals surface area contributed by atoms with Crippen molar-refractivity contribution in [3.63, 3.8) is 0 Å². The molecule has 3 aliphatic heterocycles. The van der Waals surface area contributed by atoms with Crippen LogP contribution in [-0.4, -0.2) is 53.6 Å². The molecule has 0 unspecified atom stereocenters. The molecule has 0 aromatic carbocycles. The molecule has 0 saturated carbocycles. The van der Waals surface area contributed by atoms with Crippen molar-refractivity contribution in [1.29, 1.82) is 0 Å². The number of ether oxygens (including phenoxy) is 1. The number of nitrogens with zero attached hydrogens (tertiary/aromatic N) is 3. The molecule has 4 heterocycles. The highest BCUT2D eigenvalue weighted by Gasteiger charge is 2.30. The molecule has 1 atom stereocenters. The standard InChI is InChI=1S/C14H19ClN4O2/c1-21-11-7-16-13(18-12(11)15)14(20)17-10-6-9-2-4-19(8-10)5-3-9/h7,9-10H,2-6,8H2,1H3,(H,17,20)/t10-/m1/s1. The Balaban J connectivity index is 1.67. The molecule has 3 aliphatic rings. The molecule has 1 amide bonds. The molecule has 0 aliphatic carbocycles. The van der Waals surface area contributed by atoms with Crippen LogP contribution in [0.15, 0.2) is 6.20 Å². The minimum absolute atomic E-state index is 0.0902. The first kappa shape index (κ1) is 14.5. The SMILES string of the molecule is COc1cnc(C(=O)N[C@@H]2CC3CCN(CC3)C2)nc1Cl. The van der Waals surface area contributed by atoms with E-state index in [1.165, 1.54) is 26.1 Å². The first-order valence-electron chi connectivity index (χ1n) is 7.25. The van der Waals surface area contributed by atoms with Crippen LogP contribution in [0.25, 0.3) is 0 Å². The molecule has 7 heteroatoms. The molecule has 1 N–H and O–H groups in total. The van der Waals surface area contributed by atoms with E-state index in [4.69, 9.17) is 16.3 Å². The first-order valence-corrected chi connectivity index (χ1v) is 7.63. The summed E-state index contributed by atoms with van der Waals surface area (Å²) in [5.41, 5.74) is 0. The molecular weight excluding hydrogens is 292 g/mol. The third-order valence-electron chi connectivity index (χ3n) is 4.27. The van der Waals surface area contributed by atoms with Gasteiger partial charge in [0.2, 0.25) is 5.82 Å². The van der Waals surface area contributed by atoms with E-state index in [9.17, 15) is 4.79 Å². The molecule has 114 valence electrons. The molecule has 0 radical (unpaired) electrons. The lowest BCUT2D eigenvalue weighted by molar-refractivity contribution is 0.0918. The fraction of sp³-hybridized carbons (Fsp3) is 0.643. The number of carbonyl (C=O) groups excluding carboxylic acids is 1. The Labute approximate surface area is 128 Å². The Bertz CT molecular complexity index is 518. The number of hydrogen-bond donors (Lipinski definition) is 1. The lowest BCUT2D eigenvalue weighted by Gasteiger charge is -2.26. The van der Waals surface area contributed by atoms with E-state index in [0.29, 0.717) is 5.75 Å². The van der Waals surface area contributed by atoms with Crippen molar-refractivity contribution < 1.29 is 9.53 Å². The topological polar surface area (TPSA) is 67.3 Å². The molecule has 0 spiro atoms. The van der Waals surface area contributed by atoms with E-state index < -0.39 is 0 Å². The summed E-state index contributed by atoms with van der Waals surface area (Å²) in [5.74, 6) is 0.903. The van der Waals surface area contributed by atoms with Crippen LogP contribution in [0.3, 0.4) is 0 Å². The number of fused-ring (bicyclic) bond motifs is 4. The summed E-state index contributed by atoms with van der Waals surface area (Å²) in [7, 11) is 1.49. The van der Waals surface area contributed by atoms with Gasteiger partial charge in [-0.25, -0.2) is 9.97 Å². The predicted octanol–water partition coefficient (Wildman–Crippen LogP) is 1.35. The maximum atomic E-state index is 12.3. The number of nitrogens with one attached hydrogen (secondary N) is 1. The van der Waals surface area contributed by atoms with Crippen molar-refractivity contribution >= 4 is 17.5 Å². The third kappa shape index (κ3) is 3.27. The molecule has 1 aromatic heterocycles. The second kappa shape index (κ2) is 6.15. The van der Waals surface area contributed by atoms with Crippen molar-refractivity contribution in [2.75, 3.05) is 26.7 Å². The normalized spacial score (nSPS) is 28.0. The van der Waals surface area contributed by atoms with E-state index in [1.807, 2.05) is 0 Å². The van der Waals surface area contributed by atoms with Gasteiger partial charge in [0.05, 0.1) is 13.3 Å². The third-order valence-corrected chi connectivity index (χ3v) is 4.54. The summed E-state index contributed by atoms with van der Waals surface area (Å²) in [4.78, 5) is 22.7. The van der Waals surface area contributed by atoms with Gasteiger partial charge >= 0.3 is 0 Å². The highest BCUT2D eigenvalue weighted by Crippen LogP contribution is 2.27. The van der Waals surface area contributed by atoms with Gasteiger partial charge in [0.1, 0.15) is 0 Å². The van der Waals surface area contributed by atoms with Gasteiger partial charge in [-0.15, -0.1) is 0 Å². The monoisotopic (exact) mass is 310 g/mol. The fourth-order valence-electron chi connectivity index (χ4n) is 3.14. The maximum Gasteiger partial charge on any atom is 0.289 e. The minimum Gasteiger partial charge on any atom is -0.492 e. The zero-order valence-electron chi connectivity index (χ0n) is 12.0. The Morgan fingerprint density at radius 2 is 2.24 bits per heavy atom. The van der Waals surface area contributed by atoms with Gasteiger partial charge in [-0.2, -0.15) is 0 Å². The second-order valence-corrected chi connectivity index (χ2v) is 6.06. The van der Waals surface area contributed by atoms with Gasteiger partial charge in [-0.1, -0.05) is 11.6 Å². The van der Waals surface area contributed by atoms with E-state index in [0.717, 1.165) is 32.0 Å². The van der Waals surface area contributed by atoms with E-state index in [-0.39, 0.29) is 22.9 Å². The van der Waals surface area contributed by atoms with Crippen LogP contribution in [0.5, 0.6) is 5.75 Å². The number of aromatic nitrogens is 2. The number of hydrogen-bond acceptors (Lipinski definition) is 5. The summed E-state index contributed by atoms with van der Waals surface area (Å²) in [6.45, 7) is 3.19. The highest BCUT2D eigenvalue weighted by molar-refractivity contribution is 6.30. The van der Waals surface area contributed by atoms with Crippen LogP contribution in [0.1, 0.15) is 29.9 Å². The lowest BCUT2D eigenvalue weighted by Crippen LogP contribution is -2.42. The van der Waals surface area contributed by atoms with Crippen molar-refractivity contribution in [1.82, 2.24) is 20.2 Å². The minimum atomic E-state index is -0.271. The largest absolute Gasteiger partial charge is 0.492 e. The molecular formula is C14H19ClN4O2. The summed E-state index contributed by atoms with van der Waals surface area (Å²) >= 11 is 5.93. The number of halogens is 1. The van der Waals surface area contributed by atoms with Crippen LogP contribution in [-0.2, 0) is 0 Å². The van der Waals surface area contributed by atoms with E-state index >= 15 is 0 Å². The zero-order valence-corrected chi connectivity index (χ0v) is 12.8. The van der Waals surface area contributed by atoms with Crippen molar-refractivity contribution in [3.8, 4) is 5.75 Å². The average molecular weight is 311 g/mol. The number of piperidine rings is 1. The molecule has 2 bridgehead atoms. The van der Waals surface area contributed by atoms with Gasteiger partial charge in [-0.3, -0.25) is 4.79 Å². The zero-order chi connectivity index (χ0) is 14.8. The number of amides is 1. The average Bonchev–Trinajstić information content (AvgIpc) is 2.79. The summed E-state index contributed by atoms with van der Waals surface area (Å²) in [5, 5.41) is 3.19. The lowest BCUT2D eigenvalue weighted by atomic mass is 9.94. The van der Waals surface area contributed by atoms with Gasteiger partial charge in [0.25, 0.3) is 5.91 Å². The van der Waals surface area contributed by atoms with Crippen molar-refractivity contribution in [3.05, 3.63) is 17.2 Å². The highest BCUT2D eigenvalue weighted by atomic mass is 35.5. The number of methoxy groups -OCH3 is 1. The molecule has 6 nitrogen and oxygen atoms in total. The van der Waals surface area contributed by atoms with Crippen LogP contribution in [0.4, 0.5) is 0 Å². The predicted molar refractivity (Wildman–Crippen MR) is 78.6 cm³/mol. The van der Waals surface area contributed by atoms with Crippen molar-refractivity contribution in [2.45, 2.75) is 25.3 Å². The Kier molecular flexibility index (Phi) is 4.26. The molecule has 3 saturated heterocycles. The number of carbonyl (C=O) groups is 1. The van der Waals surface area contributed by atoms with E-state index in [2.05, 4.69) is 20.2 Å². The van der Waals surface area contributed by atoms with Gasteiger partial charge < -0.3 is 15.0 Å². The van der Waals surface area contributed by atoms with Crippen molar-refractivity contribution in [2.24, 2.45) is 5.92 Å². The van der Waals surface area contributed by atoms with Crippen LogP contribution >= 0.6 is 11.6 Å². The summed E-state index contributed by atoms with van der Waals surface area (Å²) < 4.78 is 4.99. The first-order chi connectivity index (χ1) is 10.2. The Morgan fingerprint density at radius 1 is 1.48 bits per heavy atom. The van der Waals surface area contributed by atoms with Crippen LogP contribution in [0.2, 0.25) is 5.15 Å². The fourth-order valence-corrected chi connectivity index (χ4v) is 3.35. The quantitative estimate of drug-likeness (QED) is 0.854.